The monoisotopic (exact) mass is 244 g/mol. The van der Waals surface area contributed by atoms with Gasteiger partial charge in [0, 0.05) is 12.2 Å². The highest BCUT2D eigenvalue weighted by Crippen LogP contribution is 2.10. The third-order valence-corrected chi connectivity index (χ3v) is 2.00. The molecule has 86 valence electrons. The number of nitrogens with zero attached hydrogens (tertiary/aromatic N) is 2. The van der Waals surface area contributed by atoms with E-state index in [9.17, 15) is 14.9 Å². The Hall–Kier alpha value is -1.89. The first-order chi connectivity index (χ1) is 7.49. The number of nitrogens with one attached hydrogen (secondary N) is 2. The fourth-order valence-electron chi connectivity index (χ4n) is 1.04. The summed E-state index contributed by atoms with van der Waals surface area (Å²) in [6, 6.07) is 2.40. The number of hydrogen-bond donors (Lipinski definition) is 2. The average molecular weight is 245 g/mol. The molecule has 0 aromatic carbocycles. The second-order valence-corrected chi connectivity index (χ2v) is 3.32. The molecule has 0 fully saturated rings. The molecule has 0 saturated carbocycles. The van der Waals surface area contributed by atoms with Gasteiger partial charge in [-0.25, -0.2) is 19.9 Å². The van der Waals surface area contributed by atoms with Crippen molar-refractivity contribution in [3.8, 4) is 0 Å². The van der Waals surface area contributed by atoms with Gasteiger partial charge in [-0.2, -0.15) is 0 Å². The molecule has 1 aromatic heterocycles. The van der Waals surface area contributed by atoms with Crippen LogP contribution in [0.3, 0.4) is 0 Å². The lowest BCUT2D eigenvalue weighted by Gasteiger charge is -2.05. The molecule has 0 unspecified atom stereocenters. The highest BCUT2D eigenvalue weighted by molar-refractivity contribution is 6.29. The summed E-state index contributed by atoms with van der Waals surface area (Å²) >= 11 is 5.65. The zero-order valence-electron chi connectivity index (χ0n) is 8.36. The molecule has 0 aliphatic rings. The molecule has 0 atom stereocenters. The lowest BCUT2D eigenvalue weighted by molar-refractivity contribution is -0.527. The van der Waals surface area contributed by atoms with Gasteiger partial charge >= 0.3 is 6.03 Å². The SMILES string of the molecule is Cc1nc(Cl)ccc1CNC(=O)N[N+](=O)[O-]. The van der Waals surface area contributed by atoms with Gasteiger partial charge in [-0.1, -0.05) is 23.1 Å². The van der Waals surface area contributed by atoms with Crippen molar-refractivity contribution in [3.63, 3.8) is 0 Å². The number of amides is 2. The third kappa shape index (κ3) is 3.70. The number of urea groups is 1. The zero-order valence-corrected chi connectivity index (χ0v) is 9.11. The second kappa shape index (κ2) is 5.26. The van der Waals surface area contributed by atoms with E-state index >= 15 is 0 Å². The highest BCUT2D eigenvalue weighted by atomic mass is 35.5. The van der Waals surface area contributed by atoms with Crippen molar-refractivity contribution in [2.45, 2.75) is 13.5 Å². The Morgan fingerprint density at radius 2 is 2.31 bits per heavy atom. The summed E-state index contributed by atoms with van der Waals surface area (Å²) in [5, 5.41) is 11.7. The summed E-state index contributed by atoms with van der Waals surface area (Å²) in [6.07, 6.45) is 0. The predicted octanol–water partition coefficient (Wildman–Crippen LogP) is 1.03. The average Bonchev–Trinajstić information content (AvgIpc) is 2.15. The smallest absolute Gasteiger partial charge is 0.330 e. The lowest BCUT2D eigenvalue weighted by atomic mass is 10.2. The van der Waals surface area contributed by atoms with Crippen molar-refractivity contribution in [2.75, 3.05) is 0 Å². The van der Waals surface area contributed by atoms with Gasteiger partial charge < -0.3 is 5.32 Å². The minimum absolute atomic E-state index is 0.148. The fourth-order valence-corrected chi connectivity index (χ4v) is 1.23. The summed E-state index contributed by atoms with van der Waals surface area (Å²) in [4.78, 5) is 24.8. The molecule has 8 heteroatoms. The van der Waals surface area contributed by atoms with Crippen LogP contribution in [0.5, 0.6) is 0 Å². The molecular weight excluding hydrogens is 236 g/mol. The van der Waals surface area contributed by atoms with Crippen LogP contribution in [-0.2, 0) is 6.54 Å². The Bertz CT molecular complexity index is 424. The lowest BCUT2D eigenvalue weighted by Crippen LogP contribution is -2.38. The Morgan fingerprint density at radius 3 is 2.88 bits per heavy atom. The van der Waals surface area contributed by atoms with Crippen LogP contribution in [0.15, 0.2) is 12.1 Å². The van der Waals surface area contributed by atoms with Gasteiger partial charge in [0.05, 0.1) is 0 Å². The van der Waals surface area contributed by atoms with E-state index in [1.165, 1.54) is 5.43 Å². The first kappa shape index (κ1) is 12.2. The molecular formula is C8H9ClN4O3. The van der Waals surface area contributed by atoms with Crippen molar-refractivity contribution >= 4 is 17.6 Å². The summed E-state index contributed by atoms with van der Waals surface area (Å²) in [5.74, 6) is 0. The van der Waals surface area contributed by atoms with Gasteiger partial charge in [0.15, 0.2) is 5.03 Å². The van der Waals surface area contributed by atoms with E-state index in [1.807, 2.05) is 0 Å². The molecule has 0 radical (unpaired) electrons. The first-order valence-electron chi connectivity index (χ1n) is 4.30. The van der Waals surface area contributed by atoms with E-state index < -0.39 is 11.1 Å². The zero-order chi connectivity index (χ0) is 12.1. The molecule has 16 heavy (non-hydrogen) atoms. The fraction of sp³-hybridized carbons (Fsp3) is 0.250. The quantitative estimate of drug-likeness (QED) is 0.471. The number of nitro groups is 1. The molecule has 7 nitrogen and oxygen atoms in total. The van der Waals surface area contributed by atoms with Gasteiger partial charge in [0.2, 0.25) is 0 Å². The minimum Gasteiger partial charge on any atom is -0.330 e. The Kier molecular flexibility index (Phi) is 4.01. The van der Waals surface area contributed by atoms with Gasteiger partial charge in [-0.05, 0) is 18.6 Å². The van der Waals surface area contributed by atoms with Gasteiger partial charge in [0.1, 0.15) is 5.15 Å². The summed E-state index contributed by atoms with van der Waals surface area (Å²) in [6.45, 7) is 1.88. The van der Waals surface area contributed by atoms with E-state index in [0.29, 0.717) is 10.8 Å². The second-order valence-electron chi connectivity index (χ2n) is 2.93. The number of carbonyl (C=O) groups is 1. The van der Waals surface area contributed by atoms with Crippen LogP contribution in [0, 0.1) is 17.0 Å². The van der Waals surface area contributed by atoms with Gasteiger partial charge in [-0.3, -0.25) is 0 Å². The number of rotatable bonds is 3. The molecule has 1 heterocycles. The van der Waals surface area contributed by atoms with Crippen molar-refractivity contribution in [3.05, 3.63) is 38.7 Å². The predicted molar refractivity (Wildman–Crippen MR) is 56.3 cm³/mol. The van der Waals surface area contributed by atoms with E-state index in [-0.39, 0.29) is 6.54 Å². The third-order valence-electron chi connectivity index (χ3n) is 1.79. The molecule has 0 aliphatic heterocycles. The maximum absolute atomic E-state index is 10.9. The number of aromatic nitrogens is 1. The van der Waals surface area contributed by atoms with Crippen LogP contribution < -0.4 is 10.7 Å². The molecule has 0 saturated heterocycles. The first-order valence-corrected chi connectivity index (χ1v) is 4.67. The Labute approximate surface area is 95.9 Å². The largest absolute Gasteiger partial charge is 0.372 e. The van der Waals surface area contributed by atoms with Crippen LogP contribution in [-0.4, -0.2) is 16.0 Å². The molecule has 1 aromatic rings. The normalized spacial score (nSPS) is 9.62. The van der Waals surface area contributed by atoms with Crippen LogP contribution in [0.25, 0.3) is 0 Å². The topological polar surface area (TPSA) is 97.2 Å². The molecule has 2 N–H and O–H groups in total. The number of hydrazine groups is 1. The molecule has 0 spiro atoms. The summed E-state index contributed by atoms with van der Waals surface area (Å²) < 4.78 is 0. The number of pyridine rings is 1. The maximum atomic E-state index is 10.9. The van der Waals surface area contributed by atoms with Gasteiger partial charge in [0.25, 0.3) is 0 Å². The van der Waals surface area contributed by atoms with Crippen LogP contribution in [0.1, 0.15) is 11.3 Å². The van der Waals surface area contributed by atoms with Crippen LogP contribution in [0.2, 0.25) is 5.15 Å². The Morgan fingerprint density at radius 1 is 1.62 bits per heavy atom. The van der Waals surface area contributed by atoms with Crippen LogP contribution in [0.4, 0.5) is 4.79 Å². The standard InChI is InChI=1S/C8H9ClN4O3/c1-5-6(2-3-7(9)11-5)4-10-8(14)12-13(15)16/h2-3H,4H2,1H3,(H2,10,12,14). The maximum Gasteiger partial charge on any atom is 0.372 e. The minimum atomic E-state index is -0.928. The van der Waals surface area contributed by atoms with Crippen molar-refractivity contribution in [1.82, 2.24) is 15.7 Å². The highest BCUT2D eigenvalue weighted by Gasteiger charge is 2.07. The van der Waals surface area contributed by atoms with Gasteiger partial charge in [-0.15, -0.1) is 0 Å². The number of hydrogen-bond acceptors (Lipinski definition) is 4. The van der Waals surface area contributed by atoms with E-state index in [1.54, 1.807) is 19.1 Å². The van der Waals surface area contributed by atoms with Crippen molar-refractivity contribution in [1.29, 1.82) is 0 Å². The summed E-state index contributed by atoms with van der Waals surface area (Å²) in [5.41, 5.74) is 2.87. The van der Waals surface area contributed by atoms with Crippen molar-refractivity contribution < 1.29 is 9.83 Å². The molecule has 2 amide bonds. The molecule has 0 aliphatic carbocycles. The molecule has 1 rings (SSSR count). The van der Waals surface area contributed by atoms with Crippen molar-refractivity contribution in [2.24, 2.45) is 0 Å². The van der Waals surface area contributed by atoms with E-state index in [2.05, 4.69) is 10.3 Å². The summed E-state index contributed by atoms with van der Waals surface area (Å²) in [7, 11) is 0. The van der Waals surface area contributed by atoms with E-state index in [0.717, 1.165) is 5.56 Å². The number of aryl methyl sites for hydroxylation is 1. The van der Waals surface area contributed by atoms with Crippen LogP contribution >= 0.6 is 11.6 Å². The van der Waals surface area contributed by atoms with E-state index in [4.69, 9.17) is 11.6 Å². The number of carbonyl (C=O) groups excluding carboxylic acids is 1. The Balaban J connectivity index is 2.54. The number of halogens is 1. The molecule has 0 bridgehead atoms.